The normalized spacial score (nSPS) is 12.0. The first kappa shape index (κ1) is 17.1. The van der Waals surface area contributed by atoms with Crippen molar-refractivity contribution in [2.24, 2.45) is 0 Å². The SMILES string of the molecule is Cc1ccc(O)cc1-c1nccc2cc(S(=O)Nc3ccncn3)ccc12. The van der Waals surface area contributed by atoms with Gasteiger partial charge in [0, 0.05) is 23.3 Å². The lowest BCUT2D eigenvalue weighted by atomic mass is 10.00. The quantitative estimate of drug-likeness (QED) is 0.565. The molecule has 2 N–H and O–H groups in total. The maximum atomic E-state index is 12.6. The van der Waals surface area contributed by atoms with Crippen LogP contribution >= 0.6 is 0 Å². The van der Waals surface area contributed by atoms with Gasteiger partial charge >= 0.3 is 0 Å². The summed E-state index contributed by atoms with van der Waals surface area (Å²) in [5.41, 5.74) is 2.67. The second-order valence-electron chi connectivity index (χ2n) is 6.01. The van der Waals surface area contributed by atoms with Gasteiger partial charge in [0.1, 0.15) is 17.9 Å². The standard InChI is InChI=1S/C20H16N4O2S/c1-13-2-3-15(25)11-18(13)20-17-5-4-16(10-14(17)6-9-22-20)27(26)24-19-7-8-21-12-23-19/h2-12,25H,1H3,(H,21,23,24). The summed E-state index contributed by atoms with van der Waals surface area (Å²) in [4.78, 5) is 13.0. The zero-order valence-electron chi connectivity index (χ0n) is 14.5. The van der Waals surface area contributed by atoms with Gasteiger partial charge in [0.15, 0.2) is 11.0 Å². The molecular formula is C20H16N4O2S. The van der Waals surface area contributed by atoms with Gasteiger partial charge in [-0.3, -0.25) is 9.71 Å². The summed E-state index contributed by atoms with van der Waals surface area (Å²) in [5.74, 6) is 0.690. The summed E-state index contributed by atoms with van der Waals surface area (Å²) in [6.45, 7) is 1.98. The summed E-state index contributed by atoms with van der Waals surface area (Å²) < 4.78 is 15.5. The average Bonchev–Trinajstić information content (AvgIpc) is 2.69. The number of anilines is 1. The van der Waals surface area contributed by atoms with Crippen LogP contribution in [0.5, 0.6) is 5.75 Å². The van der Waals surface area contributed by atoms with Crippen LogP contribution in [0, 0.1) is 6.92 Å². The molecule has 2 aromatic heterocycles. The third-order valence-electron chi connectivity index (χ3n) is 4.21. The Hall–Kier alpha value is -3.32. The van der Waals surface area contributed by atoms with E-state index in [1.807, 2.05) is 31.2 Å². The zero-order chi connectivity index (χ0) is 18.8. The molecule has 6 nitrogen and oxygen atoms in total. The Morgan fingerprint density at radius 2 is 1.89 bits per heavy atom. The number of aromatic nitrogens is 3. The van der Waals surface area contributed by atoms with Gasteiger partial charge in [-0.15, -0.1) is 0 Å². The number of hydrogen-bond acceptors (Lipinski definition) is 5. The van der Waals surface area contributed by atoms with Gasteiger partial charge in [0.25, 0.3) is 0 Å². The average molecular weight is 376 g/mol. The molecule has 0 fully saturated rings. The molecule has 0 bridgehead atoms. The monoisotopic (exact) mass is 376 g/mol. The number of hydrogen-bond donors (Lipinski definition) is 2. The Bertz CT molecular complexity index is 1150. The van der Waals surface area contributed by atoms with E-state index in [4.69, 9.17) is 0 Å². The molecule has 2 heterocycles. The maximum absolute atomic E-state index is 12.6. The fourth-order valence-electron chi connectivity index (χ4n) is 2.86. The van der Waals surface area contributed by atoms with Gasteiger partial charge in [0.05, 0.1) is 10.6 Å². The summed E-state index contributed by atoms with van der Waals surface area (Å²) in [6.07, 6.45) is 4.70. The van der Waals surface area contributed by atoms with Crippen LogP contribution in [0.4, 0.5) is 5.82 Å². The van der Waals surface area contributed by atoms with Crippen molar-refractivity contribution >= 4 is 27.6 Å². The fourth-order valence-corrected chi connectivity index (χ4v) is 3.71. The van der Waals surface area contributed by atoms with Crippen LogP contribution in [0.15, 0.2) is 72.1 Å². The number of phenols is 1. The molecule has 4 aromatic rings. The maximum Gasteiger partial charge on any atom is 0.151 e. The Kier molecular flexibility index (Phi) is 4.52. The van der Waals surface area contributed by atoms with Crippen LogP contribution in [-0.4, -0.2) is 24.3 Å². The lowest BCUT2D eigenvalue weighted by Gasteiger charge is -2.11. The summed E-state index contributed by atoms with van der Waals surface area (Å²) in [6, 6.07) is 14.3. The molecule has 27 heavy (non-hydrogen) atoms. The predicted molar refractivity (Wildman–Crippen MR) is 106 cm³/mol. The number of nitrogens with zero attached hydrogens (tertiary/aromatic N) is 3. The molecule has 0 saturated carbocycles. The Morgan fingerprint density at radius 1 is 1.00 bits per heavy atom. The molecule has 2 aromatic carbocycles. The van der Waals surface area contributed by atoms with E-state index >= 15 is 0 Å². The second-order valence-corrected chi connectivity index (χ2v) is 7.22. The van der Waals surface area contributed by atoms with E-state index in [1.54, 1.807) is 36.7 Å². The molecule has 1 atom stereocenters. The summed E-state index contributed by atoms with van der Waals surface area (Å²) in [5, 5.41) is 11.7. The van der Waals surface area contributed by atoms with Crippen molar-refractivity contribution in [2.75, 3.05) is 4.72 Å². The molecule has 0 aliphatic carbocycles. The molecule has 134 valence electrons. The number of aryl methyl sites for hydroxylation is 1. The second kappa shape index (κ2) is 7.13. The molecule has 7 heteroatoms. The highest BCUT2D eigenvalue weighted by atomic mass is 32.2. The van der Waals surface area contributed by atoms with Gasteiger partial charge in [0.2, 0.25) is 0 Å². The van der Waals surface area contributed by atoms with Gasteiger partial charge < -0.3 is 5.11 Å². The third kappa shape index (κ3) is 3.50. The van der Waals surface area contributed by atoms with E-state index in [-0.39, 0.29) is 5.75 Å². The zero-order valence-corrected chi connectivity index (χ0v) is 15.3. The number of nitrogens with one attached hydrogen (secondary N) is 1. The molecule has 0 amide bonds. The third-order valence-corrected chi connectivity index (χ3v) is 5.28. The first-order valence-electron chi connectivity index (χ1n) is 8.25. The predicted octanol–water partition coefficient (Wildman–Crippen LogP) is 3.84. The minimum atomic E-state index is -1.45. The van der Waals surface area contributed by atoms with E-state index in [2.05, 4.69) is 19.7 Å². The number of rotatable bonds is 4. The Morgan fingerprint density at radius 3 is 2.70 bits per heavy atom. The largest absolute Gasteiger partial charge is 0.508 e. The van der Waals surface area contributed by atoms with E-state index in [1.165, 1.54) is 6.33 Å². The van der Waals surface area contributed by atoms with E-state index in [0.717, 1.165) is 27.6 Å². The minimum absolute atomic E-state index is 0.196. The van der Waals surface area contributed by atoms with Crippen molar-refractivity contribution in [2.45, 2.75) is 11.8 Å². The van der Waals surface area contributed by atoms with Crippen LogP contribution in [0.25, 0.3) is 22.0 Å². The number of phenolic OH excluding ortho intramolecular Hbond substituents is 1. The van der Waals surface area contributed by atoms with E-state index in [9.17, 15) is 9.32 Å². The van der Waals surface area contributed by atoms with Crippen LogP contribution in [0.2, 0.25) is 0 Å². The molecule has 0 aliphatic rings. The number of pyridine rings is 1. The van der Waals surface area contributed by atoms with E-state index in [0.29, 0.717) is 10.7 Å². The lowest BCUT2D eigenvalue weighted by Crippen LogP contribution is -2.06. The first-order chi connectivity index (χ1) is 13.1. The minimum Gasteiger partial charge on any atom is -0.508 e. The highest BCUT2D eigenvalue weighted by Crippen LogP contribution is 2.32. The van der Waals surface area contributed by atoms with Crippen molar-refractivity contribution in [3.05, 3.63) is 72.8 Å². The molecule has 0 saturated heterocycles. The number of aromatic hydroxyl groups is 1. The fraction of sp³-hybridized carbons (Fsp3) is 0.0500. The topological polar surface area (TPSA) is 88.0 Å². The van der Waals surface area contributed by atoms with Crippen molar-refractivity contribution in [3.8, 4) is 17.0 Å². The lowest BCUT2D eigenvalue weighted by molar-refractivity contribution is 0.475. The summed E-state index contributed by atoms with van der Waals surface area (Å²) in [7, 11) is -1.45. The van der Waals surface area contributed by atoms with Gasteiger partial charge in [-0.2, -0.15) is 0 Å². The van der Waals surface area contributed by atoms with Crippen molar-refractivity contribution < 1.29 is 9.32 Å². The molecular weight excluding hydrogens is 360 g/mol. The highest BCUT2D eigenvalue weighted by Gasteiger charge is 2.12. The van der Waals surface area contributed by atoms with Crippen LogP contribution < -0.4 is 4.72 Å². The van der Waals surface area contributed by atoms with Crippen LogP contribution in [0.1, 0.15) is 5.56 Å². The molecule has 0 spiro atoms. The van der Waals surface area contributed by atoms with Crippen LogP contribution in [0.3, 0.4) is 0 Å². The first-order valence-corrected chi connectivity index (χ1v) is 9.40. The Labute approximate surface area is 158 Å². The van der Waals surface area contributed by atoms with Crippen molar-refractivity contribution in [1.29, 1.82) is 0 Å². The smallest absolute Gasteiger partial charge is 0.151 e. The molecule has 1 unspecified atom stereocenters. The number of benzene rings is 2. The van der Waals surface area contributed by atoms with Gasteiger partial charge in [-0.05, 0) is 54.3 Å². The van der Waals surface area contributed by atoms with E-state index < -0.39 is 11.0 Å². The summed E-state index contributed by atoms with van der Waals surface area (Å²) >= 11 is 0. The van der Waals surface area contributed by atoms with Crippen molar-refractivity contribution in [1.82, 2.24) is 15.0 Å². The highest BCUT2D eigenvalue weighted by molar-refractivity contribution is 7.86. The molecule has 0 radical (unpaired) electrons. The van der Waals surface area contributed by atoms with Gasteiger partial charge in [-0.25, -0.2) is 14.2 Å². The number of fused-ring (bicyclic) bond motifs is 1. The molecule has 0 aliphatic heterocycles. The molecule has 4 rings (SSSR count). The van der Waals surface area contributed by atoms with Crippen molar-refractivity contribution in [3.63, 3.8) is 0 Å². The van der Waals surface area contributed by atoms with Crippen LogP contribution in [-0.2, 0) is 11.0 Å². The van der Waals surface area contributed by atoms with Gasteiger partial charge in [-0.1, -0.05) is 12.1 Å². The Balaban J connectivity index is 1.74.